The predicted octanol–water partition coefficient (Wildman–Crippen LogP) is 4.21. The SMILES string of the molecule is O=C(CCCN1C(=O)C(=C2SC(=S)N(CCCC(=O)Nc3ccc4c(c3)OCO4)C2=O)SC1=S)Nc1ccc2c(c1)OCO2. The largest absolute Gasteiger partial charge is 0.454 e. The highest BCUT2D eigenvalue weighted by molar-refractivity contribution is 8.29. The first-order chi connectivity index (χ1) is 21.3. The fraction of sp³-hybridized carbons (Fsp3) is 0.286. The number of carbonyl (C=O) groups excluding carboxylic acids is 4. The molecule has 12 nitrogen and oxygen atoms in total. The third kappa shape index (κ3) is 6.47. The molecular weight excluding hydrogens is 649 g/mol. The van der Waals surface area contributed by atoms with Crippen LogP contribution in [0.3, 0.4) is 0 Å². The Balaban J connectivity index is 0.975. The van der Waals surface area contributed by atoms with Gasteiger partial charge in [0.15, 0.2) is 23.0 Å². The topological polar surface area (TPSA) is 136 Å². The maximum absolute atomic E-state index is 13.2. The van der Waals surface area contributed by atoms with Gasteiger partial charge < -0.3 is 29.6 Å². The summed E-state index contributed by atoms with van der Waals surface area (Å²) in [6.45, 7) is 0.732. The van der Waals surface area contributed by atoms with E-state index in [0.717, 1.165) is 23.5 Å². The highest BCUT2D eigenvalue weighted by Gasteiger charge is 2.41. The van der Waals surface area contributed by atoms with Gasteiger partial charge >= 0.3 is 0 Å². The van der Waals surface area contributed by atoms with Crippen LogP contribution in [0.2, 0.25) is 0 Å². The van der Waals surface area contributed by atoms with Crippen LogP contribution in [0.15, 0.2) is 46.2 Å². The molecule has 4 heterocycles. The second-order valence-electron chi connectivity index (χ2n) is 9.75. The lowest BCUT2D eigenvalue weighted by molar-refractivity contribution is -0.124. The Labute approximate surface area is 270 Å². The molecule has 4 amide bonds. The van der Waals surface area contributed by atoms with Gasteiger partial charge in [-0.25, -0.2) is 0 Å². The molecule has 0 unspecified atom stereocenters. The molecule has 228 valence electrons. The number of amides is 4. The number of anilines is 2. The fourth-order valence-electron chi connectivity index (χ4n) is 4.65. The summed E-state index contributed by atoms with van der Waals surface area (Å²) < 4.78 is 21.8. The van der Waals surface area contributed by atoms with Crippen LogP contribution in [-0.2, 0) is 19.2 Å². The number of thioether (sulfide) groups is 2. The smallest absolute Gasteiger partial charge is 0.267 e. The van der Waals surface area contributed by atoms with E-state index in [4.69, 9.17) is 43.4 Å². The van der Waals surface area contributed by atoms with Crippen molar-refractivity contribution < 1.29 is 38.1 Å². The van der Waals surface area contributed by atoms with Crippen molar-refractivity contribution in [1.82, 2.24) is 9.80 Å². The summed E-state index contributed by atoms with van der Waals surface area (Å²) in [6.07, 6.45) is 1.05. The summed E-state index contributed by atoms with van der Waals surface area (Å²) in [6, 6.07) is 10.3. The molecule has 4 aliphatic rings. The van der Waals surface area contributed by atoms with Crippen LogP contribution < -0.4 is 29.6 Å². The minimum atomic E-state index is -0.389. The standard InChI is InChI=1S/C28H24N4O8S4/c33-21(29-15-5-7-17-19(11-15)39-13-37-17)3-1-9-31-25(35)23(43-27(31)41)24-26(36)32(28(42)44-24)10-2-4-22(34)30-16-6-8-18-20(12-16)40-14-38-18/h5-8,11-12H,1-4,9-10,13-14H2,(H,29,33)(H,30,34). The zero-order valence-electron chi connectivity index (χ0n) is 22.9. The average Bonchev–Trinajstić information content (AvgIpc) is 3.77. The van der Waals surface area contributed by atoms with Crippen molar-refractivity contribution in [1.29, 1.82) is 0 Å². The number of fused-ring (bicyclic) bond motifs is 2. The molecule has 2 fully saturated rings. The first kappa shape index (κ1) is 30.2. The number of ether oxygens (including phenoxy) is 4. The van der Waals surface area contributed by atoms with Gasteiger partial charge in [0.25, 0.3) is 11.8 Å². The molecular formula is C28H24N4O8S4. The van der Waals surface area contributed by atoms with Crippen molar-refractivity contribution >= 4 is 91.6 Å². The van der Waals surface area contributed by atoms with Crippen molar-refractivity contribution in [2.75, 3.05) is 37.3 Å². The van der Waals surface area contributed by atoms with E-state index in [2.05, 4.69) is 10.6 Å². The van der Waals surface area contributed by atoms with Gasteiger partial charge in [-0.3, -0.25) is 29.0 Å². The van der Waals surface area contributed by atoms with E-state index in [1.165, 1.54) is 9.80 Å². The average molecular weight is 673 g/mol. The summed E-state index contributed by atoms with van der Waals surface area (Å²) in [5, 5.41) is 5.61. The Bertz CT molecular complexity index is 1510. The Morgan fingerprint density at radius 3 is 1.52 bits per heavy atom. The van der Waals surface area contributed by atoms with Gasteiger partial charge in [0.1, 0.15) is 8.64 Å². The Hall–Kier alpha value is -3.86. The van der Waals surface area contributed by atoms with E-state index >= 15 is 0 Å². The summed E-state index contributed by atoms with van der Waals surface area (Å²) in [4.78, 5) is 54.6. The molecule has 44 heavy (non-hydrogen) atoms. The molecule has 6 rings (SSSR count). The first-order valence-corrected chi connectivity index (χ1v) is 15.9. The zero-order chi connectivity index (χ0) is 30.8. The third-order valence-corrected chi connectivity index (χ3v) is 9.81. The van der Waals surface area contributed by atoms with Crippen LogP contribution in [-0.4, -0.2) is 68.7 Å². The molecule has 0 atom stereocenters. The number of nitrogens with zero attached hydrogens (tertiary/aromatic N) is 2. The molecule has 16 heteroatoms. The summed E-state index contributed by atoms with van der Waals surface area (Å²) in [7, 11) is 0. The van der Waals surface area contributed by atoms with Gasteiger partial charge in [0.2, 0.25) is 25.4 Å². The highest BCUT2D eigenvalue weighted by atomic mass is 32.2. The monoisotopic (exact) mass is 672 g/mol. The van der Waals surface area contributed by atoms with Crippen molar-refractivity contribution in [3.8, 4) is 23.0 Å². The number of nitrogens with one attached hydrogen (secondary N) is 2. The van der Waals surface area contributed by atoms with Gasteiger partial charge in [-0.1, -0.05) is 48.0 Å². The number of hydrogen-bond acceptors (Lipinski definition) is 12. The van der Waals surface area contributed by atoms with Crippen molar-refractivity contribution in [3.63, 3.8) is 0 Å². The minimum absolute atomic E-state index is 0.142. The van der Waals surface area contributed by atoms with E-state index < -0.39 is 0 Å². The first-order valence-electron chi connectivity index (χ1n) is 13.5. The van der Waals surface area contributed by atoms with Gasteiger partial charge in [-0.15, -0.1) is 0 Å². The quantitative estimate of drug-likeness (QED) is 0.277. The molecule has 0 aromatic heterocycles. The van der Waals surface area contributed by atoms with Gasteiger partial charge in [-0.2, -0.15) is 0 Å². The molecule has 0 radical (unpaired) electrons. The second-order valence-corrected chi connectivity index (χ2v) is 13.0. The van der Waals surface area contributed by atoms with Crippen molar-refractivity contribution in [2.24, 2.45) is 0 Å². The van der Waals surface area contributed by atoms with E-state index in [1.54, 1.807) is 36.4 Å². The number of thiocarbonyl (C=S) groups is 2. The summed E-state index contributed by atoms with van der Waals surface area (Å²) in [5.74, 6) is 1.15. The number of benzene rings is 2. The van der Waals surface area contributed by atoms with E-state index in [-0.39, 0.29) is 73.0 Å². The maximum Gasteiger partial charge on any atom is 0.267 e. The van der Waals surface area contributed by atoms with Gasteiger partial charge in [0.05, 0.1) is 9.81 Å². The molecule has 2 saturated heterocycles. The molecule has 0 spiro atoms. The Morgan fingerprint density at radius 1 is 0.682 bits per heavy atom. The van der Waals surface area contributed by atoms with Gasteiger partial charge in [-0.05, 0) is 37.1 Å². The third-order valence-electron chi connectivity index (χ3n) is 6.79. The van der Waals surface area contributed by atoms with Crippen LogP contribution >= 0.6 is 48.0 Å². The molecule has 0 aliphatic carbocycles. The molecule has 2 aromatic rings. The maximum atomic E-state index is 13.2. The van der Waals surface area contributed by atoms with Crippen LogP contribution in [0.5, 0.6) is 23.0 Å². The van der Waals surface area contributed by atoms with E-state index in [1.807, 2.05) is 0 Å². The lowest BCUT2D eigenvalue weighted by atomic mass is 10.2. The molecule has 0 saturated carbocycles. The number of rotatable bonds is 10. The fourth-order valence-corrected chi connectivity index (χ4v) is 7.42. The summed E-state index contributed by atoms with van der Waals surface area (Å²) in [5.41, 5.74) is 1.16. The van der Waals surface area contributed by atoms with E-state index in [9.17, 15) is 19.2 Å². The van der Waals surface area contributed by atoms with Crippen LogP contribution in [0.25, 0.3) is 0 Å². The van der Waals surface area contributed by atoms with Crippen molar-refractivity contribution in [2.45, 2.75) is 25.7 Å². The predicted molar refractivity (Wildman–Crippen MR) is 172 cm³/mol. The van der Waals surface area contributed by atoms with Crippen LogP contribution in [0, 0.1) is 0 Å². The lowest BCUT2D eigenvalue weighted by Crippen LogP contribution is -2.31. The van der Waals surface area contributed by atoms with Crippen LogP contribution in [0.4, 0.5) is 11.4 Å². The highest BCUT2D eigenvalue weighted by Crippen LogP contribution is 2.42. The van der Waals surface area contributed by atoms with Gasteiger partial charge in [0, 0.05) is 49.4 Å². The Kier molecular flexibility index (Phi) is 8.93. The number of hydrogen-bond donors (Lipinski definition) is 2. The van der Waals surface area contributed by atoms with E-state index in [0.29, 0.717) is 55.9 Å². The molecule has 2 N–H and O–H groups in total. The minimum Gasteiger partial charge on any atom is -0.454 e. The zero-order valence-corrected chi connectivity index (χ0v) is 26.2. The molecule has 2 aromatic carbocycles. The number of carbonyl (C=O) groups is 4. The Morgan fingerprint density at radius 2 is 1.09 bits per heavy atom. The van der Waals surface area contributed by atoms with Crippen LogP contribution in [0.1, 0.15) is 25.7 Å². The van der Waals surface area contributed by atoms with Crippen molar-refractivity contribution in [3.05, 3.63) is 46.2 Å². The second kappa shape index (κ2) is 13.0. The molecule has 0 bridgehead atoms. The molecule has 4 aliphatic heterocycles. The summed E-state index contributed by atoms with van der Waals surface area (Å²) >= 11 is 12.9. The normalized spacial score (nSPS) is 18.5. The lowest BCUT2D eigenvalue weighted by Gasteiger charge is -2.15.